The molecule has 0 bridgehead atoms. The van der Waals surface area contributed by atoms with E-state index in [0.29, 0.717) is 32.8 Å². The number of nitrogens with one attached hydrogen (secondary N) is 1. The van der Waals surface area contributed by atoms with Gasteiger partial charge in [0, 0.05) is 45.8 Å². The lowest BCUT2D eigenvalue weighted by Gasteiger charge is -2.37. The van der Waals surface area contributed by atoms with Gasteiger partial charge in [-0.05, 0) is 31.5 Å². The van der Waals surface area contributed by atoms with Crippen LogP contribution in [0.1, 0.15) is 12.5 Å². The van der Waals surface area contributed by atoms with Crippen LogP contribution in [0.2, 0.25) is 0 Å². The molecule has 2 aliphatic heterocycles. The number of amides is 1. The van der Waals surface area contributed by atoms with Gasteiger partial charge in [-0.25, -0.2) is 0 Å². The fourth-order valence-electron chi connectivity index (χ4n) is 3.79. The van der Waals surface area contributed by atoms with E-state index in [-0.39, 0.29) is 19.1 Å². The van der Waals surface area contributed by atoms with E-state index in [0.717, 1.165) is 50.0 Å². The largest absolute Gasteiger partial charge is 0.491 e. The van der Waals surface area contributed by atoms with Crippen LogP contribution in [0.4, 0.5) is 0 Å². The Hall–Kier alpha value is -2.36. The second-order valence-electron chi connectivity index (χ2n) is 8.23. The number of piperazine rings is 1. The highest BCUT2D eigenvalue weighted by atomic mass is 16.5. The van der Waals surface area contributed by atoms with Crippen LogP contribution in [0.25, 0.3) is 0 Å². The number of aliphatic hydroxyl groups is 1. The van der Waals surface area contributed by atoms with Gasteiger partial charge in [0.2, 0.25) is 5.91 Å². The second-order valence-corrected chi connectivity index (χ2v) is 8.23. The zero-order chi connectivity index (χ0) is 22.8. The molecule has 1 aromatic rings. The lowest BCUT2D eigenvalue weighted by molar-refractivity contribution is -0.136. The molecule has 32 heavy (non-hydrogen) atoms. The van der Waals surface area contributed by atoms with Crippen molar-refractivity contribution >= 4 is 11.9 Å². The summed E-state index contributed by atoms with van der Waals surface area (Å²) < 4.78 is 11.0. The van der Waals surface area contributed by atoms with Crippen molar-refractivity contribution in [1.29, 1.82) is 0 Å². The number of carbonyl (C=O) groups excluding carboxylic acids is 1. The molecule has 2 saturated heterocycles. The zero-order valence-corrected chi connectivity index (χ0v) is 19.3. The van der Waals surface area contributed by atoms with Gasteiger partial charge in [-0.15, -0.1) is 0 Å². The Kier molecular flexibility index (Phi) is 9.58. The van der Waals surface area contributed by atoms with E-state index in [1.165, 1.54) is 0 Å². The van der Waals surface area contributed by atoms with Crippen LogP contribution in [0.15, 0.2) is 29.3 Å². The van der Waals surface area contributed by atoms with Gasteiger partial charge in [0.25, 0.3) is 0 Å². The Morgan fingerprint density at radius 2 is 1.94 bits per heavy atom. The SMILES string of the molecule is CCNC(=NCC(O)COc1cccc(C)c1)N1CCN(CC(=O)N2CCOCC2)CC1. The van der Waals surface area contributed by atoms with Crippen LogP contribution in [-0.4, -0.2) is 117 Å². The third kappa shape index (κ3) is 7.65. The first-order chi connectivity index (χ1) is 15.5. The highest BCUT2D eigenvalue weighted by molar-refractivity contribution is 5.80. The van der Waals surface area contributed by atoms with Gasteiger partial charge in [-0.2, -0.15) is 0 Å². The molecule has 0 spiro atoms. The Morgan fingerprint density at radius 3 is 2.62 bits per heavy atom. The molecule has 9 heteroatoms. The summed E-state index contributed by atoms with van der Waals surface area (Å²) in [6, 6.07) is 7.78. The van der Waals surface area contributed by atoms with E-state index < -0.39 is 6.10 Å². The summed E-state index contributed by atoms with van der Waals surface area (Å²) in [4.78, 5) is 23.4. The summed E-state index contributed by atoms with van der Waals surface area (Å²) >= 11 is 0. The maximum Gasteiger partial charge on any atom is 0.236 e. The molecule has 1 aromatic carbocycles. The minimum absolute atomic E-state index is 0.180. The second kappa shape index (κ2) is 12.6. The molecule has 1 unspecified atom stereocenters. The third-order valence-electron chi connectivity index (χ3n) is 5.61. The Morgan fingerprint density at radius 1 is 1.19 bits per heavy atom. The molecule has 2 heterocycles. The van der Waals surface area contributed by atoms with E-state index in [1.807, 2.05) is 43.0 Å². The van der Waals surface area contributed by atoms with Gasteiger partial charge < -0.3 is 29.7 Å². The van der Waals surface area contributed by atoms with Crippen LogP contribution >= 0.6 is 0 Å². The number of morpholine rings is 1. The van der Waals surface area contributed by atoms with Gasteiger partial charge in [-0.1, -0.05) is 12.1 Å². The fraction of sp³-hybridized carbons (Fsp3) is 0.652. The van der Waals surface area contributed by atoms with Crippen molar-refractivity contribution in [2.24, 2.45) is 4.99 Å². The number of hydrogen-bond donors (Lipinski definition) is 2. The van der Waals surface area contributed by atoms with Crippen LogP contribution in [0.5, 0.6) is 5.75 Å². The lowest BCUT2D eigenvalue weighted by Crippen LogP contribution is -2.55. The first-order valence-corrected chi connectivity index (χ1v) is 11.5. The van der Waals surface area contributed by atoms with Crippen molar-refractivity contribution in [2.75, 3.05) is 78.7 Å². The third-order valence-corrected chi connectivity index (χ3v) is 5.61. The van der Waals surface area contributed by atoms with Crippen molar-refractivity contribution in [1.82, 2.24) is 20.0 Å². The number of benzene rings is 1. The quantitative estimate of drug-likeness (QED) is 0.434. The summed E-state index contributed by atoms with van der Waals surface area (Å²) in [6.45, 7) is 11.5. The van der Waals surface area contributed by atoms with Crippen molar-refractivity contribution in [3.05, 3.63) is 29.8 Å². The molecule has 3 rings (SSSR count). The molecule has 2 fully saturated rings. The Balaban J connectivity index is 1.43. The summed E-state index contributed by atoms with van der Waals surface area (Å²) in [5.41, 5.74) is 1.12. The number of nitrogens with zero attached hydrogens (tertiary/aromatic N) is 4. The number of carbonyl (C=O) groups is 1. The van der Waals surface area contributed by atoms with E-state index in [9.17, 15) is 9.90 Å². The van der Waals surface area contributed by atoms with Crippen LogP contribution < -0.4 is 10.1 Å². The number of hydrogen-bond acceptors (Lipinski definition) is 6. The van der Waals surface area contributed by atoms with E-state index >= 15 is 0 Å². The zero-order valence-electron chi connectivity index (χ0n) is 19.3. The van der Waals surface area contributed by atoms with Crippen LogP contribution in [-0.2, 0) is 9.53 Å². The first-order valence-electron chi connectivity index (χ1n) is 11.5. The smallest absolute Gasteiger partial charge is 0.236 e. The average Bonchev–Trinajstić information content (AvgIpc) is 2.81. The summed E-state index contributed by atoms with van der Waals surface area (Å²) in [5, 5.41) is 13.6. The average molecular weight is 448 g/mol. The monoisotopic (exact) mass is 447 g/mol. The molecule has 0 aromatic heterocycles. The number of aliphatic imine (C=N–C) groups is 1. The maximum absolute atomic E-state index is 12.5. The summed E-state index contributed by atoms with van der Waals surface area (Å²) in [6.07, 6.45) is -0.684. The number of aryl methyl sites for hydroxylation is 1. The van der Waals surface area contributed by atoms with Crippen LogP contribution in [0.3, 0.4) is 0 Å². The minimum Gasteiger partial charge on any atom is -0.491 e. The number of rotatable bonds is 8. The molecule has 9 nitrogen and oxygen atoms in total. The van der Waals surface area contributed by atoms with Gasteiger partial charge in [0.05, 0.1) is 26.3 Å². The molecule has 0 radical (unpaired) electrons. The highest BCUT2D eigenvalue weighted by Gasteiger charge is 2.24. The molecule has 2 N–H and O–H groups in total. The fourth-order valence-corrected chi connectivity index (χ4v) is 3.79. The molecule has 178 valence electrons. The molecule has 1 atom stereocenters. The van der Waals surface area contributed by atoms with E-state index in [1.54, 1.807) is 0 Å². The standard InChI is InChI=1S/C23H37N5O4/c1-3-24-23(25-16-20(29)18-32-21-6-4-5-19(2)15-21)28-9-7-26(8-10-28)17-22(30)27-11-13-31-14-12-27/h4-6,15,20,29H,3,7-14,16-18H2,1-2H3,(H,24,25). The molecule has 2 aliphatic rings. The first kappa shape index (κ1) is 24.3. The number of ether oxygens (including phenoxy) is 2. The summed E-state index contributed by atoms with van der Waals surface area (Å²) in [5.74, 6) is 1.73. The van der Waals surface area contributed by atoms with Gasteiger partial charge in [0.1, 0.15) is 18.5 Å². The maximum atomic E-state index is 12.5. The molecule has 0 aliphatic carbocycles. The predicted molar refractivity (Wildman–Crippen MR) is 124 cm³/mol. The van der Waals surface area contributed by atoms with Crippen molar-refractivity contribution in [2.45, 2.75) is 20.0 Å². The Labute approximate surface area is 191 Å². The van der Waals surface area contributed by atoms with Gasteiger partial charge in [-0.3, -0.25) is 14.7 Å². The molecule has 1 amide bonds. The molecular weight excluding hydrogens is 410 g/mol. The minimum atomic E-state index is -0.684. The van der Waals surface area contributed by atoms with Crippen molar-refractivity contribution in [3.63, 3.8) is 0 Å². The lowest BCUT2D eigenvalue weighted by atomic mass is 10.2. The predicted octanol–water partition coefficient (Wildman–Crippen LogP) is 0.177. The normalized spacial score (nSPS) is 19.0. The number of guanidine groups is 1. The van der Waals surface area contributed by atoms with Crippen molar-refractivity contribution < 1.29 is 19.4 Å². The van der Waals surface area contributed by atoms with E-state index in [2.05, 4.69) is 20.1 Å². The van der Waals surface area contributed by atoms with Gasteiger partial charge >= 0.3 is 0 Å². The molecular formula is C23H37N5O4. The summed E-state index contributed by atoms with van der Waals surface area (Å²) in [7, 11) is 0. The highest BCUT2D eigenvalue weighted by Crippen LogP contribution is 2.12. The molecule has 0 saturated carbocycles. The number of aliphatic hydroxyl groups excluding tert-OH is 1. The van der Waals surface area contributed by atoms with Crippen molar-refractivity contribution in [3.8, 4) is 5.75 Å². The Bertz CT molecular complexity index is 746. The van der Waals surface area contributed by atoms with Gasteiger partial charge in [0.15, 0.2) is 5.96 Å². The van der Waals surface area contributed by atoms with E-state index in [4.69, 9.17) is 9.47 Å². The van der Waals surface area contributed by atoms with Crippen LogP contribution in [0, 0.1) is 6.92 Å². The topological polar surface area (TPSA) is 89.9 Å².